The summed E-state index contributed by atoms with van der Waals surface area (Å²) in [4.78, 5) is 52.9. The van der Waals surface area contributed by atoms with Crippen LogP contribution in [0.5, 0.6) is 0 Å². The fourth-order valence-electron chi connectivity index (χ4n) is 4.04. The summed E-state index contributed by atoms with van der Waals surface area (Å²) >= 11 is 0. The first-order valence-electron chi connectivity index (χ1n) is 10.9. The number of aryl methyl sites for hydroxylation is 2. The first-order chi connectivity index (χ1) is 15.3. The Labute approximate surface area is 185 Å². The highest BCUT2D eigenvalue weighted by Gasteiger charge is 2.24. The molecule has 0 spiro atoms. The van der Waals surface area contributed by atoms with Gasteiger partial charge in [0, 0.05) is 56.0 Å². The second-order valence-electron chi connectivity index (χ2n) is 8.40. The number of nitrogens with zero attached hydrogens (tertiary/aromatic N) is 5. The van der Waals surface area contributed by atoms with Crippen molar-refractivity contribution in [3.05, 3.63) is 62.1 Å². The van der Waals surface area contributed by atoms with Crippen molar-refractivity contribution in [1.82, 2.24) is 24.4 Å². The number of carbonyl (C=O) groups excluding carboxylic acids is 1. The molecule has 9 heteroatoms. The van der Waals surface area contributed by atoms with Gasteiger partial charge in [0.2, 0.25) is 0 Å². The van der Waals surface area contributed by atoms with Crippen molar-refractivity contribution in [3.63, 3.8) is 0 Å². The van der Waals surface area contributed by atoms with E-state index in [2.05, 4.69) is 28.7 Å². The maximum atomic E-state index is 13.1. The van der Waals surface area contributed by atoms with Crippen LogP contribution in [0, 0.1) is 6.92 Å². The second kappa shape index (κ2) is 8.57. The van der Waals surface area contributed by atoms with E-state index < -0.39 is 11.1 Å². The van der Waals surface area contributed by atoms with Crippen molar-refractivity contribution in [1.29, 1.82) is 0 Å². The Hall–Kier alpha value is -3.49. The topological polar surface area (TPSA) is 104 Å². The Kier molecular flexibility index (Phi) is 5.82. The van der Waals surface area contributed by atoms with Gasteiger partial charge in [0.15, 0.2) is 0 Å². The molecule has 2 aromatic heterocycles. The Morgan fingerprint density at radius 2 is 1.81 bits per heavy atom. The van der Waals surface area contributed by atoms with Gasteiger partial charge in [-0.15, -0.1) is 0 Å². The van der Waals surface area contributed by atoms with Crippen LogP contribution in [0.25, 0.3) is 11.0 Å². The molecule has 3 aromatic rings. The second-order valence-corrected chi connectivity index (χ2v) is 8.40. The molecule has 1 saturated heterocycles. The van der Waals surface area contributed by atoms with E-state index in [0.717, 1.165) is 17.3 Å². The van der Waals surface area contributed by atoms with Crippen molar-refractivity contribution in [2.75, 3.05) is 31.1 Å². The van der Waals surface area contributed by atoms with E-state index in [1.165, 1.54) is 4.57 Å². The average Bonchev–Trinajstić information content (AvgIpc) is 2.79. The van der Waals surface area contributed by atoms with Crippen LogP contribution in [-0.4, -0.2) is 56.5 Å². The van der Waals surface area contributed by atoms with Gasteiger partial charge in [-0.25, -0.2) is 9.97 Å². The van der Waals surface area contributed by atoms with Gasteiger partial charge in [0.1, 0.15) is 11.6 Å². The number of anilines is 1. The standard InChI is InChI=1S/C23H28N6O3/c1-5-29-18-7-6-16(13-17(18)25-21(30)23(29)32)22(31)28-10-8-27(9-11-28)19-12-15(4)24-20(26-19)14(2)3/h6-7,12-14H,5,8-11H2,1-4H3,(H,25,30). The molecule has 1 aromatic carbocycles. The van der Waals surface area contributed by atoms with Crippen LogP contribution >= 0.6 is 0 Å². The lowest BCUT2D eigenvalue weighted by Gasteiger charge is -2.35. The molecule has 0 bridgehead atoms. The zero-order valence-corrected chi connectivity index (χ0v) is 18.9. The summed E-state index contributed by atoms with van der Waals surface area (Å²) in [7, 11) is 0. The summed E-state index contributed by atoms with van der Waals surface area (Å²) in [5.41, 5.74) is 1.25. The van der Waals surface area contributed by atoms with Crippen LogP contribution in [0.3, 0.4) is 0 Å². The number of aromatic nitrogens is 4. The molecule has 1 fully saturated rings. The normalized spacial score (nSPS) is 14.4. The highest BCUT2D eigenvalue weighted by molar-refractivity contribution is 5.97. The Balaban J connectivity index is 1.53. The fraction of sp³-hybridized carbons (Fsp3) is 0.435. The number of fused-ring (bicyclic) bond motifs is 1. The number of carbonyl (C=O) groups is 1. The van der Waals surface area contributed by atoms with E-state index in [1.807, 2.05) is 24.8 Å². The number of piperazine rings is 1. The lowest BCUT2D eigenvalue weighted by atomic mass is 10.1. The number of benzene rings is 1. The summed E-state index contributed by atoms with van der Waals surface area (Å²) in [6.45, 7) is 10.8. The molecule has 1 N–H and O–H groups in total. The predicted molar refractivity (Wildman–Crippen MR) is 123 cm³/mol. The van der Waals surface area contributed by atoms with Crippen LogP contribution < -0.4 is 16.0 Å². The van der Waals surface area contributed by atoms with E-state index in [4.69, 9.17) is 4.98 Å². The van der Waals surface area contributed by atoms with Gasteiger partial charge in [-0.05, 0) is 32.0 Å². The molecule has 1 aliphatic heterocycles. The maximum Gasteiger partial charge on any atom is 0.316 e. The molecule has 32 heavy (non-hydrogen) atoms. The molecule has 0 atom stereocenters. The Bertz CT molecular complexity index is 1290. The largest absolute Gasteiger partial charge is 0.353 e. The van der Waals surface area contributed by atoms with Gasteiger partial charge in [0.25, 0.3) is 5.91 Å². The van der Waals surface area contributed by atoms with Crippen molar-refractivity contribution >= 4 is 22.8 Å². The molecule has 0 aliphatic carbocycles. The zero-order chi connectivity index (χ0) is 23.0. The van der Waals surface area contributed by atoms with E-state index in [0.29, 0.717) is 49.3 Å². The highest BCUT2D eigenvalue weighted by Crippen LogP contribution is 2.20. The molecule has 0 radical (unpaired) electrons. The van der Waals surface area contributed by atoms with Crippen LogP contribution in [0.4, 0.5) is 5.82 Å². The van der Waals surface area contributed by atoms with E-state index in [-0.39, 0.29) is 11.8 Å². The van der Waals surface area contributed by atoms with Gasteiger partial charge < -0.3 is 19.4 Å². The third kappa shape index (κ3) is 4.02. The number of aromatic amines is 1. The number of hydrogen-bond acceptors (Lipinski definition) is 6. The molecular formula is C23H28N6O3. The number of nitrogens with one attached hydrogen (secondary N) is 1. The summed E-state index contributed by atoms with van der Waals surface area (Å²) in [5.74, 6) is 1.88. The molecule has 168 valence electrons. The predicted octanol–water partition coefficient (Wildman–Crippen LogP) is 1.89. The van der Waals surface area contributed by atoms with Gasteiger partial charge in [-0.2, -0.15) is 0 Å². The van der Waals surface area contributed by atoms with E-state index in [1.54, 1.807) is 18.2 Å². The maximum absolute atomic E-state index is 13.1. The van der Waals surface area contributed by atoms with Crippen molar-refractivity contribution in [2.24, 2.45) is 0 Å². The Morgan fingerprint density at radius 1 is 1.09 bits per heavy atom. The van der Waals surface area contributed by atoms with Crippen molar-refractivity contribution in [2.45, 2.75) is 40.2 Å². The highest BCUT2D eigenvalue weighted by atomic mass is 16.2. The molecule has 0 unspecified atom stereocenters. The number of H-pyrrole nitrogens is 1. The summed E-state index contributed by atoms with van der Waals surface area (Å²) < 4.78 is 1.41. The molecule has 4 rings (SSSR count). The minimum absolute atomic E-state index is 0.0941. The van der Waals surface area contributed by atoms with Crippen LogP contribution in [0.15, 0.2) is 33.9 Å². The smallest absolute Gasteiger partial charge is 0.316 e. The zero-order valence-electron chi connectivity index (χ0n) is 18.9. The minimum Gasteiger partial charge on any atom is -0.353 e. The SMILES string of the molecule is CCn1c(=O)c(=O)[nH]c2cc(C(=O)N3CCN(c4cc(C)nc(C(C)C)n4)CC3)ccc21. The van der Waals surface area contributed by atoms with Crippen molar-refractivity contribution in [3.8, 4) is 0 Å². The van der Waals surface area contributed by atoms with E-state index >= 15 is 0 Å². The Morgan fingerprint density at radius 3 is 2.47 bits per heavy atom. The minimum atomic E-state index is -0.682. The van der Waals surface area contributed by atoms with Gasteiger partial charge >= 0.3 is 11.1 Å². The number of rotatable bonds is 4. The lowest BCUT2D eigenvalue weighted by molar-refractivity contribution is 0.0746. The fourth-order valence-corrected chi connectivity index (χ4v) is 4.04. The summed E-state index contributed by atoms with van der Waals surface area (Å²) in [5, 5.41) is 0. The van der Waals surface area contributed by atoms with Crippen LogP contribution in [-0.2, 0) is 6.54 Å². The monoisotopic (exact) mass is 436 g/mol. The number of hydrogen-bond donors (Lipinski definition) is 1. The van der Waals surface area contributed by atoms with Gasteiger partial charge in [0.05, 0.1) is 11.0 Å². The number of amides is 1. The first kappa shape index (κ1) is 21.7. The van der Waals surface area contributed by atoms with Gasteiger partial charge in [-0.3, -0.25) is 14.4 Å². The molecule has 3 heterocycles. The molecular weight excluding hydrogens is 408 g/mol. The molecule has 1 amide bonds. The third-order valence-electron chi connectivity index (χ3n) is 5.80. The van der Waals surface area contributed by atoms with Gasteiger partial charge in [-0.1, -0.05) is 13.8 Å². The van der Waals surface area contributed by atoms with E-state index in [9.17, 15) is 14.4 Å². The summed E-state index contributed by atoms with van der Waals surface area (Å²) in [6, 6.07) is 7.07. The lowest BCUT2D eigenvalue weighted by Crippen LogP contribution is -2.49. The molecule has 9 nitrogen and oxygen atoms in total. The quantitative estimate of drug-likeness (QED) is 0.627. The van der Waals surface area contributed by atoms with Crippen LogP contribution in [0.1, 0.15) is 48.6 Å². The summed E-state index contributed by atoms with van der Waals surface area (Å²) in [6.07, 6.45) is 0. The third-order valence-corrected chi connectivity index (χ3v) is 5.80. The van der Waals surface area contributed by atoms with Crippen molar-refractivity contribution < 1.29 is 4.79 Å². The van der Waals surface area contributed by atoms with Crippen LogP contribution in [0.2, 0.25) is 0 Å². The molecule has 1 aliphatic rings. The first-order valence-corrected chi connectivity index (χ1v) is 10.9. The molecule has 0 saturated carbocycles. The average molecular weight is 437 g/mol.